The predicted molar refractivity (Wildman–Crippen MR) is 126 cm³/mol. The Bertz CT molecular complexity index is 1140. The lowest BCUT2D eigenvalue weighted by atomic mass is 9.86. The summed E-state index contributed by atoms with van der Waals surface area (Å²) in [5.74, 6) is -0.316. The number of anilines is 1. The van der Waals surface area contributed by atoms with Gasteiger partial charge in [-0.05, 0) is 66.3 Å². The van der Waals surface area contributed by atoms with Gasteiger partial charge < -0.3 is 5.32 Å². The third-order valence-corrected chi connectivity index (χ3v) is 6.89. The lowest BCUT2D eigenvalue weighted by Crippen LogP contribution is -2.54. The molecule has 2 fully saturated rings. The molecular formula is C27H28FN3O. The Kier molecular flexibility index (Phi) is 5.43. The molecule has 0 radical (unpaired) electrons. The summed E-state index contributed by atoms with van der Waals surface area (Å²) < 4.78 is 13.8. The van der Waals surface area contributed by atoms with Gasteiger partial charge in [0.2, 0.25) is 0 Å². The van der Waals surface area contributed by atoms with Crippen molar-refractivity contribution in [1.82, 2.24) is 10.2 Å². The minimum Gasteiger partial charge on any atom is -0.335 e. The Hall–Kier alpha value is -3.18. The van der Waals surface area contributed by atoms with Gasteiger partial charge in [0.05, 0.1) is 5.54 Å². The minimum atomic E-state index is -0.316. The van der Waals surface area contributed by atoms with Crippen molar-refractivity contribution in [3.05, 3.63) is 89.7 Å². The molecule has 1 spiro atoms. The first-order valence-electron chi connectivity index (χ1n) is 11.3. The normalized spacial score (nSPS) is 18.2. The van der Waals surface area contributed by atoms with Crippen molar-refractivity contribution in [2.45, 2.75) is 31.8 Å². The van der Waals surface area contributed by atoms with Crippen molar-refractivity contribution in [3.8, 4) is 11.1 Å². The number of piperidine rings is 1. The molecule has 32 heavy (non-hydrogen) atoms. The van der Waals surface area contributed by atoms with Crippen LogP contribution in [0.2, 0.25) is 0 Å². The molecule has 2 amide bonds. The number of nitrogens with one attached hydrogen (secondary N) is 1. The number of hydrogen-bond donors (Lipinski definition) is 1. The fraction of sp³-hybridized carbons (Fsp3) is 0.296. The number of benzene rings is 3. The molecule has 5 heteroatoms. The molecule has 1 N–H and O–H groups in total. The number of halogens is 1. The summed E-state index contributed by atoms with van der Waals surface area (Å²) in [5, 5.41) is 2.99. The molecule has 0 aromatic heterocycles. The Balaban J connectivity index is 1.30. The van der Waals surface area contributed by atoms with Crippen LogP contribution in [0.3, 0.4) is 0 Å². The highest BCUT2D eigenvalue weighted by molar-refractivity contribution is 5.96. The number of rotatable bonds is 4. The van der Waals surface area contributed by atoms with E-state index in [2.05, 4.69) is 65.7 Å². The Labute approximate surface area is 188 Å². The van der Waals surface area contributed by atoms with Crippen LogP contribution in [-0.2, 0) is 6.54 Å². The molecule has 164 valence electrons. The summed E-state index contributed by atoms with van der Waals surface area (Å²) in [6, 6.07) is 23.5. The van der Waals surface area contributed by atoms with Crippen LogP contribution in [0.4, 0.5) is 14.9 Å². The summed E-state index contributed by atoms with van der Waals surface area (Å²) in [5.41, 5.74) is 5.44. The molecule has 2 aliphatic heterocycles. The number of urea groups is 1. The molecule has 2 heterocycles. The molecule has 0 bridgehead atoms. The first-order chi connectivity index (χ1) is 15.5. The van der Waals surface area contributed by atoms with Crippen LogP contribution in [0, 0.1) is 12.7 Å². The minimum absolute atomic E-state index is 0.130. The number of carbonyl (C=O) groups is 1. The van der Waals surface area contributed by atoms with E-state index >= 15 is 0 Å². The molecule has 0 atom stereocenters. The number of hydrogen-bond acceptors (Lipinski definition) is 2. The van der Waals surface area contributed by atoms with E-state index in [1.165, 1.54) is 34.4 Å². The first kappa shape index (κ1) is 20.7. The molecule has 5 rings (SSSR count). The lowest BCUT2D eigenvalue weighted by Gasteiger charge is -2.43. The van der Waals surface area contributed by atoms with E-state index in [1.807, 2.05) is 6.07 Å². The average Bonchev–Trinajstić information content (AvgIpc) is 3.11. The SMILES string of the molecule is Cc1ccccc1-c1cccc(CN2CCC3(CC2)CNC(=O)N3c2cccc(F)c2)c1. The van der Waals surface area contributed by atoms with Gasteiger partial charge in [0.1, 0.15) is 5.82 Å². The molecule has 0 unspecified atom stereocenters. The van der Waals surface area contributed by atoms with Crippen LogP contribution in [0.25, 0.3) is 11.1 Å². The molecule has 3 aromatic carbocycles. The second-order valence-corrected chi connectivity index (χ2v) is 8.99. The fourth-order valence-electron chi connectivity index (χ4n) is 5.14. The van der Waals surface area contributed by atoms with E-state index in [0.717, 1.165) is 32.5 Å². The zero-order valence-electron chi connectivity index (χ0n) is 18.4. The van der Waals surface area contributed by atoms with Gasteiger partial charge >= 0.3 is 6.03 Å². The second kappa shape index (κ2) is 8.40. The van der Waals surface area contributed by atoms with E-state index in [0.29, 0.717) is 12.2 Å². The summed E-state index contributed by atoms with van der Waals surface area (Å²) in [6.07, 6.45) is 1.72. The van der Waals surface area contributed by atoms with Crippen LogP contribution in [0.5, 0.6) is 0 Å². The van der Waals surface area contributed by atoms with Gasteiger partial charge in [0.15, 0.2) is 0 Å². The molecule has 4 nitrogen and oxygen atoms in total. The fourth-order valence-corrected chi connectivity index (χ4v) is 5.14. The lowest BCUT2D eigenvalue weighted by molar-refractivity contribution is 0.163. The van der Waals surface area contributed by atoms with Crippen molar-refractivity contribution in [1.29, 1.82) is 0 Å². The standard InChI is InChI=1S/C27H28FN3O/c1-20-6-2-3-11-25(20)22-8-4-7-21(16-22)18-30-14-12-27(13-15-30)19-29-26(32)31(27)24-10-5-9-23(28)17-24/h2-11,16-17H,12-15,18-19H2,1H3,(H,29,32). The monoisotopic (exact) mass is 429 g/mol. The molecule has 2 aliphatic rings. The first-order valence-corrected chi connectivity index (χ1v) is 11.3. The number of amides is 2. The average molecular weight is 430 g/mol. The quantitative estimate of drug-likeness (QED) is 0.606. The van der Waals surface area contributed by atoms with Crippen LogP contribution in [-0.4, -0.2) is 36.1 Å². The van der Waals surface area contributed by atoms with Crippen molar-refractivity contribution < 1.29 is 9.18 Å². The predicted octanol–water partition coefficient (Wildman–Crippen LogP) is 5.37. The van der Waals surface area contributed by atoms with Crippen LogP contribution in [0.15, 0.2) is 72.8 Å². The molecular weight excluding hydrogens is 401 g/mol. The van der Waals surface area contributed by atoms with Crippen molar-refractivity contribution in [3.63, 3.8) is 0 Å². The maximum absolute atomic E-state index is 13.8. The zero-order valence-corrected chi connectivity index (χ0v) is 18.4. The van der Waals surface area contributed by atoms with E-state index in [1.54, 1.807) is 11.0 Å². The third-order valence-electron chi connectivity index (χ3n) is 6.89. The van der Waals surface area contributed by atoms with Gasteiger partial charge in [-0.2, -0.15) is 0 Å². The topological polar surface area (TPSA) is 35.6 Å². The summed E-state index contributed by atoms with van der Waals surface area (Å²) in [6.45, 7) is 5.44. The van der Waals surface area contributed by atoms with Crippen LogP contribution < -0.4 is 10.2 Å². The van der Waals surface area contributed by atoms with Crippen LogP contribution in [0.1, 0.15) is 24.0 Å². The maximum atomic E-state index is 13.8. The number of nitrogens with zero attached hydrogens (tertiary/aromatic N) is 2. The molecule has 0 aliphatic carbocycles. The van der Waals surface area contributed by atoms with Crippen molar-refractivity contribution in [2.24, 2.45) is 0 Å². The van der Waals surface area contributed by atoms with E-state index in [9.17, 15) is 9.18 Å². The van der Waals surface area contributed by atoms with Crippen molar-refractivity contribution in [2.75, 3.05) is 24.5 Å². The van der Waals surface area contributed by atoms with Crippen LogP contribution >= 0.6 is 0 Å². The Morgan fingerprint density at radius 3 is 2.53 bits per heavy atom. The Morgan fingerprint density at radius 1 is 0.969 bits per heavy atom. The third kappa shape index (κ3) is 3.89. The van der Waals surface area contributed by atoms with Crippen molar-refractivity contribution >= 4 is 11.7 Å². The maximum Gasteiger partial charge on any atom is 0.322 e. The van der Waals surface area contributed by atoms with E-state index < -0.39 is 0 Å². The zero-order chi connectivity index (χ0) is 22.1. The molecule has 0 saturated carbocycles. The van der Waals surface area contributed by atoms with Gasteiger partial charge in [-0.15, -0.1) is 0 Å². The molecule has 3 aromatic rings. The Morgan fingerprint density at radius 2 is 1.75 bits per heavy atom. The van der Waals surface area contributed by atoms with Gasteiger partial charge in [-0.25, -0.2) is 9.18 Å². The molecule has 2 saturated heterocycles. The highest BCUT2D eigenvalue weighted by atomic mass is 19.1. The smallest absolute Gasteiger partial charge is 0.322 e. The highest BCUT2D eigenvalue weighted by Crippen LogP contribution is 2.37. The van der Waals surface area contributed by atoms with Gasteiger partial charge in [0.25, 0.3) is 0 Å². The summed E-state index contributed by atoms with van der Waals surface area (Å²) >= 11 is 0. The highest BCUT2D eigenvalue weighted by Gasteiger charge is 2.47. The number of carbonyl (C=O) groups excluding carboxylic acids is 1. The number of likely N-dealkylation sites (tertiary alicyclic amines) is 1. The van der Waals surface area contributed by atoms with E-state index in [4.69, 9.17) is 0 Å². The van der Waals surface area contributed by atoms with Gasteiger partial charge in [-0.1, -0.05) is 48.5 Å². The summed E-state index contributed by atoms with van der Waals surface area (Å²) in [4.78, 5) is 16.8. The number of aryl methyl sites for hydroxylation is 1. The second-order valence-electron chi connectivity index (χ2n) is 8.99. The van der Waals surface area contributed by atoms with E-state index in [-0.39, 0.29) is 17.4 Å². The summed E-state index contributed by atoms with van der Waals surface area (Å²) in [7, 11) is 0. The largest absolute Gasteiger partial charge is 0.335 e. The van der Waals surface area contributed by atoms with Gasteiger partial charge in [-0.3, -0.25) is 9.80 Å². The van der Waals surface area contributed by atoms with Gasteiger partial charge in [0, 0.05) is 31.9 Å².